The highest BCUT2D eigenvalue weighted by Crippen LogP contribution is 2.42. The number of allylic oxidation sites excluding steroid dienone is 1. The van der Waals surface area contributed by atoms with E-state index >= 15 is 0 Å². The molecule has 3 aromatic carbocycles. The molecule has 0 spiro atoms. The van der Waals surface area contributed by atoms with Gasteiger partial charge in [-0.25, -0.2) is 0 Å². The molecule has 9 nitrogen and oxygen atoms in total. The first kappa shape index (κ1) is 31.2. The lowest BCUT2D eigenvalue weighted by Crippen LogP contribution is -2.26. The van der Waals surface area contributed by atoms with Gasteiger partial charge in [-0.1, -0.05) is 24.3 Å². The largest absolute Gasteiger partial charge is 0.502 e. The van der Waals surface area contributed by atoms with Crippen LogP contribution in [0, 0.1) is 0 Å². The number of hydrogen-bond acceptors (Lipinski definition) is 7. The van der Waals surface area contributed by atoms with Crippen molar-refractivity contribution >= 4 is 36.0 Å². The predicted octanol–water partition coefficient (Wildman–Crippen LogP) is 6.02. The number of aromatic hydroxyl groups is 1. The van der Waals surface area contributed by atoms with E-state index in [-0.39, 0.29) is 18.5 Å². The van der Waals surface area contributed by atoms with Crippen LogP contribution in [0.2, 0.25) is 0 Å². The third-order valence-corrected chi connectivity index (χ3v) is 8.37. The van der Waals surface area contributed by atoms with Crippen molar-refractivity contribution < 1.29 is 28.9 Å². The molecule has 0 saturated heterocycles. The normalized spacial score (nSPS) is 13.3. The van der Waals surface area contributed by atoms with Crippen molar-refractivity contribution in [1.29, 1.82) is 0 Å². The maximum Gasteiger partial charge on any atom is 0.327 e. The van der Waals surface area contributed by atoms with Gasteiger partial charge in [0.1, 0.15) is 0 Å². The molecule has 3 N–H and O–H groups in total. The maximum absolute atomic E-state index is 11.4. The summed E-state index contributed by atoms with van der Waals surface area (Å²) in [6.45, 7) is 8.99. The first-order valence-electron chi connectivity index (χ1n) is 14.1. The first-order chi connectivity index (χ1) is 20.1. The van der Waals surface area contributed by atoms with Crippen molar-refractivity contribution in [3.05, 3.63) is 77.4 Å². The van der Waals surface area contributed by atoms with Crippen LogP contribution in [-0.4, -0.2) is 67.2 Å². The van der Waals surface area contributed by atoms with Crippen LogP contribution >= 0.6 is 7.60 Å². The van der Waals surface area contributed by atoms with Crippen molar-refractivity contribution in [1.82, 2.24) is 0 Å². The van der Waals surface area contributed by atoms with E-state index in [4.69, 9.17) is 14.5 Å². The molecule has 0 aliphatic carbocycles. The van der Waals surface area contributed by atoms with Crippen molar-refractivity contribution in [2.45, 2.75) is 27.2 Å². The number of benzene rings is 3. The molecular weight excluding hydrogens is 553 g/mol. The van der Waals surface area contributed by atoms with Gasteiger partial charge in [-0.05, 0) is 68.3 Å². The van der Waals surface area contributed by atoms with E-state index in [2.05, 4.69) is 43.0 Å². The van der Waals surface area contributed by atoms with Gasteiger partial charge in [-0.2, -0.15) is 0 Å². The van der Waals surface area contributed by atoms with Crippen molar-refractivity contribution in [2.24, 2.45) is 4.99 Å². The molecule has 0 fully saturated rings. The SMILES string of the molecule is CCN(CC)c1ccc(C2=C(c3ccc(N(CC)CCP(=O)(O)O)cc3)N=C(c3cc(OC)c(O)c(OC)c3)C2)cc1. The van der Waals surface area contributed by atoms with Gasteiger partial charge >= 0.3 is 7.60 Å². The summed E-state index contributed by atoms with van der Waals surface area (Å²) in [6, 6.07) is 20.0. The molecule has 10 heteroatoms. The second-order valence-corrected chi connectivity index (χ2v) is 11.8. The average molecular weight is 594 g/mol. The fraction of sp³-hybridized carbons (Fsp3) is 0.344. The van der Waals surface area contributed by atoms with E-state index in [0.29, 0.717) is 24.5 Å². The Morgan fingerprint density at radius 2 is 1.29 bits per heavy atom. The fourth-order valence-corrected chi connectivity index (χ4v) is 5.71. The molecule has 0 amide bonds. The minimum absolute atomic E-state index is 0.0578. The van der Waals surface area contributed by atoms with Crippen LogP contribution in [0.25, 0.3) is 11.3 Å². The molecule has 0 radical (unpaired) electrons. The zero-order valence-corrected chi connectivity index (χ0v) is 25.8. The lowest BCUT2D eigenvalue weighted by molar-refractivity contribution is 0.340. The van der Waals surface area contributed by atoms with Crippen LogP contribution in [0.4, 0.5) is 11.4 Å². The molecule has 0 unspecified atom stereocenters. The Morgan fingerprint density at radius 1 is 0.786 bits per heavy atom. The van der Waals surface area contributed by atoms with Crippen molar-refractivity contribution in [3.63, 3.8) is 0 Å². The summed E-state index contributed by atoms with van der Waals surface area (Å²) in [6.07, 6.45) is 0.372. The van der Waals surface area contributed by atoms with Crippen molar-refractivity contribution in [3.8, 4) is 17.2 Å². The Balaban J connectivity index is 1.75. The summed E-state index contributed by atoms with van der Waals surface area (Å²) in [5.74, 6) is 0.562. The topological polar surface area (TPSA) is 115 Å². The first-order valence-corrected chi connectivity index (χ1v) is 15.9. The summed E-state index contributed by atoms with van der Waals surface area (Å²) in [5.41, 5.74) is 7.58. The second-order valence-electron chi connectivity index (χ2n) is 10.0. The van der Waals surface area contributed by atoms with Crippen molar-refractivity contribution in [2.75, 3.05) is 56.4 Å². The number of methoxy groups -OCH3 is 2. The highest BCUT2D eigenvalue weighted by atomic mass is 31.2. The number of phenolic OH excluding ortho intramolecular Hbond substituents is 1. The number of nitrogens with zero attached hydrogens (tertiary/aromatic N) is 3. The van der Waals surface area contributed by atoms with Crippen LogP contribution < -0.4 is 19.3 Å². The van der Waals surface area contributed by atoms with E-state index in [9.17, 15) is 19.5 Å². The minimum Gasteiger partial charge on any atom is -0.502 e. The summed E-state index contributed by atoms with van der Waals surface area (Å²) >= 11 is 0. The number of aliphatic imine (C=N–C) groups is 1. The zero-order valence-electron chi connectivity index (χ0n) is 24.9. The third kappa shape index (κ3) is 6.98. The van der Waals surface area contributed by atoms with E-state index in [1.807, 2.05) is 36.1 Å². The molecule has 1 aliphatic rings. The van der Waals surface area contributed by atoms with E-state index in [1.54, 1.807) is 12.1 Å². The predicted molar refractivity (Wildman–Crippen MR) is 170 cm³/mol. The van der Waals surface area contributed by atoms with E-state index in [0.717, 1.165) is 58.1 Å². The molecule has 1 aliphatic heterocycles. The van der Waals surface area contributed by atoms with Gasteiger partial charge in [0.25, 0.3) is 0 Å². The summed E-state index contributed by atoms with van der Waals surface area (Å²) in [7, 11) is -1.09. The zero-order chi connectivity index (χ0) is 30.4. The molecule has 0 saturated carbocycles. The quantitative estimate of drug-likeness (QED) is 0.206. The summed E-state index contributed by atoms with van der Waals surface area (Å²) in [5, 5.41) is 10.4. The molecule has 0 aromatic heterocycles. The van der Waals surface area contributed by atoms with Gasteiger partial charge in [-0.3, -0.25) is 9.56 Å². The van der Waals surface area contributed by atoms with Gasteiger partial charge in [0.15, 0.2) is 11.5 Å². The van der Waals surface area contributed by atoms with Gasteiger partial charge < -0.3 is 34.2 Å². The molecule has 0 bridgehead atoms. The van der Waals surface area contributed by atoms with Gasteiger partial charge in [0.2, 0.25) is 5.75 Å². The smallest absolute Gasteiger partial charge is 0.327 e. The Hall–Kier alpha value is -3.78. The van der Waals surface area contributed by atoms with Crippen LogP contribution in [0.1, 0.15) is 43.9 Å². The van der Waals surface area contributed by atoms with Crippen LogP contribution in [-0.2, 0) is 4.57 Å². The van der Waals surface area contributed by atoms with Crippen LogP contribution in [0.5, 0.6) is 17.2 Å². The third-order valence-electron chi connectivity index (χ3n) is 7.58. The monoisotopic (exact) mass is 593 g/mol. The number of hydrogen-bond donors (Lipinski definition) is 3. The number of phenols is 1. The second kappa shape index (κ2) is 13.5. The van der Waals surface area contributed by atoms with Crippen LogP contribution in [0.3, 0.4) is 0 Å². The Labute approximate surface area is 247 Å². The Morgan fingerprint density at radius 3 is 1.76 bits per heavy atom. The van der Waals surface area contributed by atoms with Gasteiger partial charge in [-0.15, -0.1) is 0 Å². The summed E-state index contributed by atoms with van der Waals surface area (Å²) < 4.78 is 22.2. The maximum atomic E-state index is 11.4. The molecule has 3 aromatic rings. The highest BCUT2D eigenvalue weighted by Gasteiger charge is 2.24. The summed E-state index contributed by atoms with van der Waals surface area (Å²) in [4.78, 5) is 28.0. The Kier molecular flexibility index (Phi) is 9.99. The standard InChI is InChI=1S/C32H40N3O6P/c1-6-34(7-2)25-13-9-22(10-14-25)27-21-28(24-19-29(40-4)32(36)30(20-24)41-5)33-31(27)23-11-15-26(16-12-23)35(8-3)17-18-42(37,38)39/h9-16,19-20,36H,6-8,17-18,21H2,1-5H3,(H2,37,38,39). The van der Waals surface area contributed by atoms with Gasteiger partial charge in [0.05, 0.1) is 31.8 Å². The van der Waals surface area contributed by atoms with E-state index in [1.165, 1.54) is 14.2 Å². The molecular formula is C32H40N3O6P. The highest BCUT2D eigenvalue weighted by molar-refractivity contribution is 7.51. The van der Waals surface area contributed by atoms with Crippen LogP contribution in [0.15, 0.2) is 65.7 Å². The molecule has 1 heterocycles. The molecule has 0 atom stereocenters. The Bertz CT molecular complexity index is 1470. The lowest BCUT2D eigenvalue weighted by atomic mass is 9.95. The molecule has 4 rings (SSSR count). The van der Waals surface area contributed by atoms with E-state index < -0.39 is 7.60 Å². The molecule has 224 valence electrons. The number of anilines is 2. The lowest BCUT2D eigenvalue weighted by Gasteiger charge is -2.23. The molecule has 42 heavy (non-hydrogen) atoms. The number of rotatable bonds is 13. The van der Waals surface area contributed by atoms with Gasteiger partial charge in [0, 0.05) is 55.1 Å². The average Bonchev–Trinajstić information content (AvgIpc) is 3.44. The minimum atomic E-state index is -4.09. The number of ether oxygens (including phenoxy) is 2. The fourth-order valence-electron chi connectivity index (χ4n) is 5.21.